The summed E-state index contributed by atoms with van der Waals surface area (Å²) in [6.07, 6.45) is 3.67. The number of likely N-dealkylation sites (tertiary alicyclic amines) is 1. The second-order valence-electron chi connectivity index (χ2n) is 9.29. The van der Waals surface area contributed by atoms with Gasteiger partial charge in [0.15, 0.2) is 0 Å². The van der Waals surface area contributed by atoms with Crippen molar-refractivity contribution >= 4 is 21.8 Å². The van der Waals surface area contributed by atoms with Gasteiger partial charge in [0.05, 0.1) is 12.2 Å². The van der Waals surface area contributed by atoms with Crippen LogP contribution < -0.4 is 10.6 Å². The minimum atomic E-state index is -3.36. The lowest BCUT2D eigenvalue weighted by molar-refractivity contribution is -0.129. The largest absolute Gasteiger partial charge is 0.353 e. The number of hydrogen-bond donors (Lipinski definition) is 2. The Morgan fingerprint density at radius 1 is 1.24 bits per heavy atom. The Morgan fingerprint density at radius 3 is 2.59 bits per heavy atom. The molecule has 2 aliphatic heterocycles. The number of hydrogen-bond acceptors (Lipinski definition) is 5. The first-order valence-corrected chi connectivity index (χ1v) is 13.6. The van der Waals surface area contributed by atoms with Gasteiger partial charge in [-0.25, -0.2) is 17.2 Å². The van der Waals surface area contributed by atoms with Crippen LogP contribution in [0.25, 0.3) is 0 Å². The van der Waals surface area contributed by atoms with Gasteiger partial charge in [-0.15, -0.1) is 0 Å². The third-order valence-electron chi connectivity index (χ3n) is 6.37. The van der Waals surface area contributed by atoms with E-state index in [2.05, 4.69) is 10.6 Å². The molecule has 0 radical (unpaired) electrons. The van der Waals surface area contributed by atoms with Gasteiger partial charge in [0.2, 0.25) is 21.8 Å². The average Bonchev–Trinajstić information content (AvgIpc) is 3.11. The molecule has 0 saturated carbocycles. The predicted octanol–water partition coefficient (Wildman–Crippen LogP) is 1.26. The Hall–Kier alpha value is -2.11. The summed E-state index contributed by atoms with van der Waals surface area (Å²) in [6.45, 7) is 4.09. The standard InChI is InChI=1S/C23H34F2N4O4S/c1-3-4-6-28-14-17(11-22(28)30)23(31)27-20(10-16-8-18(24)12-19(25)9-16)13-21-15-29(7-5-26-21)34(2,32)33/h8-9,12,17,20-21,26H,3-7,10-11,13-15H2,1-2H3,(H,27,31)/t17?,20?,21-/m0/s1. The van der Waals surface area contributed by atoms with E-state index in [0.29, 0.717) is 38.2 Å². The summed E-state index contributed by atoms with van der Waals surface area (Å²) in [5.74, 6) is -2.21. The molecule has 2 fully saturated rings. The molecule has 2 heterocycles. The highest BCUT2D eigenvalue weighted by atomic mass is 32.2. The maximum Gasteiger partial charge on any atom is 0.225 e. The first-order chi connectivity index (χ1) is 16.0. The fraction of sp³-hybridized carbons (Fsp3) is 0.652. The van der Waals surface area contributed by atoms with Crippen molar-refractivity contribution in [2.45, 2.75) is 51.1 Å². The normalized spacial score (nSPS) is 22.7. The van der Waals surface area contributed by atoms with E-state index in [-0.39, 0.29) is 37.2 Å². The van der Waals surface area contributed by atoms with E-state index in [4.69, 9.17) is 0 Å². The molecule has 3 rings (SSSR count). The highest BCUT2D eigenvalue weighted by Crippen LogP contribution is 2.20. The number of unbranched alkanes of at least 4 members (excludes halogenated alkanes) is 1. The fourth-order valence-corrected chi connectivity index (χ4v) is 5.51. The quantitative estimate of drug-likeness (QED) is 0.504. The predicted molar refractivity (Wildman–Crippen MR) is 124 cm³/mol. The molecule has 0 bridgehead atoms. The van der Waals surface area contributed by atoms with E-state index in [1.54, 1.807) is 4.90 Å². The molecule has 2 saturated heterocycles. The van der Waals surface area contributed by atoms with Gasteiger partial charge in [-0.1, -0.05) is 13.3 Å². The molecule has 2 aliphatic rings. The van der Waals surface area contributed by atoms with Gasteiger partial charge in [-0.05, 0) is 37.0 Å². The number of amides is 2. The molecule has 0 aliphatic carbocycles. The number of halogens is 2. The van der Waals surface area contributed by atoms with E-state index >= 15 is 0 Å². The van der Waals surface area contributed by atoms with Gasteiger partial charge >= 0.3 is 0 Å². The molecule has 2 amide bonds. The Kier molecular flexibility index (Phi) is 9.00. The maximum absolute atomic E-state index is 13.8. The van der Waals surface area contributed by atoms with Crippen molar-refractivity contribution in [2.24, 2.45) is 5.92 Å². The van der Waals surface area contributed by atoms with Gasteiger partial charge < -0.3 is 15.5 Å². The Balaban J connectivity index is 1.71. The van der Waals surface area contributed by atoms with Crippen molar-refractivity contribution < 1.29 is 26.8 Å². The van der Waals surface area contributed by atoms with Crippen molar-refractivity contribution in [1.29, 1.82) is 0 Å². The highest BCUT2D eigenvalue weighted by Gasteiger charge is 2.35. The number of carbonyl (C=O) groups is 2. The topological polar surface area (TPSA) is 98.8 Å². The minimum Gasteiger partial charge on any atom is -0.353 e. The Morgan fingerprint density at radius 2 is 1.94 bits per heavy atom. The molecule has 11 heteroatoms. The summed E-state index contributed by atoms with van der Waals surface area (Å²) in [7, 11) is -3.36. The van der Waals surface area contributed by atoms with Gasteiger partial charge in [0, 0.05) is 57.3 Å². The number of benzene rings is 1. The maximum atomic E-state index is 13.8. The molecule has 0 aromatic heterocycles. The molecular weight excluding hydrogens is 466 g/mol. The van der Waals surface area contributed by atoms with Crippen LogP contribution in [0.2, 0.25) is 0 Å². The lowest BCUT2D eigenvalue weighted by Crippen LogP contribution is -2.55. The number of rotatable bonds is 10. The van der Waals surface area contributed by atoms with Crippen molar-refractivity contribution in [1.82, 2.24) is 19.8 Å². The average molecular weight is 501 g/mol. The van der Waals surface area contributed by atoms with Crippen LogP contribution in [-0.2, 0) is 26.0 Å². The van der Waals surface area contributed by atoms with Gasteiger partial charge in [0.25, 0.3) is 0 Å². The van der Waals surface area contributed by atoms with Gasteiger partial charge in [-0.2, -0.15) is 4.31 Å². The second-order valence-corrected chi connectivity index (χ2v) is 11.3. The Labute approximate surface area is 200 Å². The molecule has 3 atom stereocenters. The smallest absolute Gasteiger partial charge is 0.225 e. The number of nitrogens with zero attached hydrogens (tertiary/aromatic N) is 2. The summed E-state index contributed by atoms with van der Waals surface area (Å²) in [5.41, 5.74) is 0.394. The summed E-state index contributed by atoms with van der Waals surface area (Å²) >= 11 is 0. The molecule has 190 valence electrons. The summed E-state index contributed by atoms with van der Waals surface area (Å²) < 4.78 is 52.9. The van der Waals surface area contributed by atoms with Crippen LogP contribution in [0.1, 0.15) is 38.2 Å². The van der Waals surface area contributed by atoms with E-state index in [1.807, 2.05) is 6.92 Å². The van der Waals surface area contributed by atoms with Crippen molar-refractivity contribution in [2.75, 3.05) is 39.0 Å². The van der Waals surface area contributed by atoms with E-state index in [0.717, 1.165) is 25.2 Å². The summed E-state index contributed by atoms with van der Waals surface area (Å²) in [5, 5.41) is 6.25. The first-order valence-electron chi connectivity index (χ1n) is 11.8. The van der Waals surface area contributed by atoms with E-state index in [1.165, 1.54) is 16.4 Å². The highest BCUT2D eigenvalue weighted by molar-refractivity contribution is 7.88. The monoisotopic (exact) mass is 500 g/mol. The molecule has 0 spiro atoms. The van der Waals surface area contributed by atoms with Crippen molar-refractivity contribution in [3.05, 3.63) is 35.4 Å². The number of carbonyl (C=O) groups excluding carboxylic acids is 2. The third kappa shape index (κ3) is 7.44. The van der Waals surface area contributed by atoms with Crippen LogP contribution in [0.5, 0.6) is 0 Å². The lowest BCUT2D eigenvalue weighted by atomic mass is 9.97. The third-order valence-corrected chi connectivity index (χ3v) is 7.64. The van der Waals surface area contributed by atoms with Crippen LogP contribution in [0, 0.1) is 17.6 Å². The van der Waals surface area contributed by atoms with Crippen molar-refractivity contribution in [3.8, 4) is 0 Å². The molecule has 1 aromatic carbocycles. The minimum absolute atomic E-state index is 0.0462. The zero-order chi connectivity index (χ0) is 24.9. The summed E-state index contributed by atoms with van der Waals surface area (Å²) in [6, 6.07) is 2.51. The number of nitrogens with one attached hydrogen (secondary N) is 2. The molecule has 8 nitrogen and oxygen atoms in total. The van der Waals surface area contributed by atoms with Crippen molar-refractivity contribution in [3.63, 3.8) is 0 Å². The molecule has 2 unspecified atom stereocenters. The zero-order valence-electron chi connectivity index (χ0n) is 19.7. The van der Waals surface area contributed by atoms with E-state index < -0.39 is 33.6 Å². The first kappa shape index (κ1) is 26.5. The van der Waals surface area contributed by atoms with Gasteiger partial charge in [-0.3, -0.25) is 9.59 Å². The lowest BCUT2D eigenvalue weighted by Gasteiger charge is -2.34. The fourth-order valence-electron chi connectivity index (χ4n) is 4.64. The van der Waals surface area contributed by atoms with Crippen LogP contribution in [0.15, 0.2) is 18.2 Å². The molecule has 34 heavy (non-hydrogen) atoms. The Bertz CT molecular complexity index is 971. The van der Waals surface area contributed by atoms with Gasteiger partial charge in [0.1, 0.15) is 11.6 Å². The second kappa shape index (κ2) is 11.5. The molecular formula is C23H34F2N4O4S. The van der Waals surface area contributed by atoms with Crippen LogP contribution >= 0.6 is 0 Å². The molecule has 1 aromatic rings. The number of piperazine rings is 1. The summed E-state index contributed by atoms with van der Waals surface area (Å²) in [4.78, 5) is 27.0. The zero-order valence-corrected chi connectivity index (χ0v) is 20.5. The number of sulfonamides is 1. The van der Waals surface area contributed by atoms with E-state index in [9.17, 15) is 26.8 Å². The van der Waals surface area contributed by atoms with Crippen LogP contribution in [0.3, 0.4) is 0 Å². The van der Waals surface area contributed by atoms with Crippen LogP contribution in [0.4, 0.5) is 8.78 Å². The SMILES string of the molecule is CCCCN1CC(C(=O)NC(Cc2cc(F)cc(F)c2)C[C@H]2CN(S(C)(=O)=O)CCN2)CC1=O. The molecule has 2 N–H and O–H groups in total. The van der Waals surface area contributed by atoms with Crippen LogP contribution in [-0.4, -0.2) is 80.5 Å².